The second-order valence-corrected chi connectivity index (χ2v) is 5.19. The van der Waals surface area contributed by atoms with Gasteiger partial charge in [-0.2, -0.15) is 0 Å². The Morgan fingerprint density at radius 3 is 2.86 bits per heavy atom. The van der Waals surface area contributed by atoms with Crippen LogP contribution in [0.5, 0.6) is 0 Å². The SMILES string of the molecule is NC1CCCC1C(=O)c1ccsc1Cl. The third-order valence-electron chi connectivity index (χ3n) is 2.79. The van der Waals surface area contributed by atoms with Crippen LogP contribution in [0, 0.1) is 5.92 Å². The summed E-state index contributed by atoms with van der Waals surface area (Å²) in [5.41, 5.74) is 6.53. The van der Waals surface area contributed by atoms with E-state index in [-0.39, 0.29) is 17.7 Å². The third kappa shape index (κ3) is 1.72. The van der Waals surface area contributed by atoms with Crippen molar-refractivity contribution >= 4 is 28.7 Å². The van der Waals surface area contributed by atoms with E-state index in [0.29, 0.717) is 9.90 Å². The quantitative estimate of drug-likeness (QED) is 0.793. The first-order valence-electron chi connectivity index (χ1n) is 4.73. The highest BCUT2D eigenvalue weighted by Crippen LogP contribution is 2.31. The summed E-state index contributed by atoms with van der Waals surface area (Å²) in [6.07, 6.45) is 2.92. The standard InChI is InChI=1S/C10H12ClNOS/c11-10-7(4-5-14-10)9(13)6-2-1-3-8(6)12/h4-6,8H,1-3,12H2. The molecule has 2 nitrogen and oxygen atoms in total. The molecule has 1 aromatic rings. The molecule has 1 heterocycles. The Balaban J connectivity index is 2.20. The number of ketones is 1. The number of halogens is 1. The minimum absolute atomic E-state index is 0.0119. The van der Waals surface area contributed by atoms with Gasteiger partial charge in [0.05, 0.1) is 0 Å². The maximum atomic E-state index is 12.0. The summed E-state index contributed by atoms with van der Waals surface area (Å²) in [5.74, 6) is 0.114. The van der Waals surface area contributed by atoms with Crippen LogP contribution in [0.15, 0.2) is 11.4 Å². The van der Waals surface area contributed by atoms with Crippen LogP contribution >= 0.6 is 22.9 Å². The van der Waals surface area contributed by atoms with Crippen molar-refractivity contribution in [2.75, 3.05) is 0 Å². The molecule has 1 fully saturated rings. The number of thiophene rings is 1. The topological polar surface area (TPSA) is 43.1 Å². The molecule has 76 valence electrons. The van der Waals surface area contributed by atoms with Crippen molar-refractivity contribution < 1.29 is 4.79 Å². The fourth-order valence-corrected chi connectivity index (χ4v) is 2.91. The van der Waals surface area contributed by atoms with Crippen LogP contribution in [0.1, 0.15) is 29.6 Å². The number of carbonyl (C=O) groups excluding carboxylic acids is 1. The molecule has 1 aromatic heterocycles. The number of hydrogen-bond donors (Lipinski definition) is 1. The Hall–Kier alpha value is -0.380. The van der Waals surface area contributed by atoms with Gasteiger partial charge in [0.15, 0.2) is 5.78 Å². The van der Waals surface area contributed by atoms with E-state index >= 15 is 0 Å². The molecule has 2 rings (SSSR count). The van der Waals surface area contributed by atoms with Gasteiger partial charge in [0.25, 0.3) is 0 Å². The van der Waals surface area contributed by atoms with Crippen molar-refractivity contribution in [2.45, 2.75) is 25.3 Å². The Morgan fingerprint density at radius 2 is 2.36 bits per heavy atom. The average molecular weight is 230 g/mol. The predicted octanol–water partition coefficient (Wildman–Crippen LogP) is 2.71. The van der Waals surface area contributed by atoms with Gasteiger partial charge in [-0.25, -0.2) is 0 Å². The molecule has 2 N–H and O–H groups in total. The fourth-order valence-electron chi connectivity index (χ4n) is 1.98. The lowest BCUT2D eigenvalue weighted by atomic mass is 9.95. The largest absolute Gasteiger partial charge is 0.327 e. The van der Waals surface area contributed by atoms with Crippen molar-refractivity contribution in [1.29, 1.82) is 0 Å². The van der Waals surface area contributed by atoms with Gasteiger partial charge in [-0.05, 0) is 24.3 Å². The van der Waals surface area contributed by atoms with E-state index in [1.54, 1.807) is 6.07 Å². The lowest BCUT2D eigenvalue weighted by Crippen LogP contribution is -2.30. The van der Waals surface area contributed by atoms with Crippen molar-refractivity contribution in [2.24, 2.45) is 11.7 Å². The van der Waals surface area contributed by atoms with Crippen LogP contribution in [-0.4, -0.2) is 11.8 Å². The fraction of sp³-hybridized carbons (Fsp3) is 0.500. The summed E-state index contributed by atoms with van der Waals surface area (Å²) < 4.78 is 0.592. The van der Waals surface area contributed by atoms with Gasteiger partial charge >= 0.3 is 0 Å². The molecule has 0 spiro atoms. The van der Waals surface area contributed by atoms with E-state index in [4.69, 9.17) is 17.3 Å². The van der Waals surface area contributed by atoms with E-state index in [1.165, 1.54) is 11.3 Å². The predicted molar refractivity (Wildman–Crippen MR) is 59.0 cm³/mol. The summed E-state index contributed by atoms with van der Waals surface area (Å²) in [4.78, 5) is 12.0. The average Bonchev–Trinajstić information content (AvgIpc) is 2.73. The molecule has 0 aliphatic heterocycles. The zero-order valence-corrected chi connectivity index (χ0v) is 9.27. The van der Waals surface area contributed by atoms with Crippen LogP contribution in [0.25, 0.3) is 0 Å². The molecule has 2 unspecified atom stereocenters. The summed E-state index contributed by atoms with van der Waals surface area (Å²) in [7, 11) is 0. The van der Waals surface area contributed by atoms with Crippen LogP contribution < -0.4 is 5.73 Å². The minimum atomic E-state index is -0.0119. The molecule has 0 aromatic carbocycles. The van der Waals surface area contributed by atoms with Gasteiger partial charge in [-0.1, -0.05) is 18.0 Å². The van der Waals surface area contributed by atoms with Gasteiger partial charge in [0.2, 0.25) is 0 Å². The zero-order valence-electron chi connectivity index (χ0n) is 7.70. The normalized spacial score (nSPS) is 26.7. The van der Waals surface area contributed by atoms with E-state index in [2.05, 4.69) is 0 Å². The Labute approximate surface area is 92.1 Å². The van der Waals surface area contributed by atoms with Gasteiger partial charge in [0, 0.05) is 17.5 Å². The molecule has 1 aliphatic rings. The first-order chi connectivity index (χ1) is 6.70. The molecule has 0 bridgehead atoms. The zero-order chi connectivity index (χ0) is 10.1. The van der Waals surface area contributed by atoms with E-state index < -0.39 is 0 Å². The lowest BCUT2D eigenvalue weighted by Gasteiger charge is -2.12. The van der Waals surface area contributed by atoms with E-state index in [9.17, 15) is 4.79 Å². The van der Waals surface area contributed by atoms with Gasteiger partial charge in [0.1, 0.15) is 4.34 Å². The maximum Gasteiger partial charge on any atom is 0.169 e. The first kappa shape index (κ1) is 10.1. The van der Waals surface area contributed by atoms with Gasteiger partial charge in [-0.15, -0.1) is 11.3 Å². The molecule has 4 heteroatoms. The number of Topliss-reactive ketones (excluding diaryl/α,β-unsaturated/α-hetero) is 1. The monoisotopic (exact) mass is 229 g/mol. The highest BCUT2D eigenvalue weighted by atomic mass is 35.5. The third-order valence-corrected chi connectivity index (χ3v) is 3.96. The Morgan fingerprint density at radius 1 is 1.57 bits per heavy atom. The van der Waals surface area contributed by atoms with Gasteiger partial charge in [-0.3, -0.25) is 4.79 Å². The Kier molecular flexibility index (Phi) is 2.91. The molecule has 0 amide bonds. The van der Waals surface area contributed by atoms with Gasteiger partial charge < -0.3 is 5.73 Å². The highest BCUT2D eigenvalue weighted by Gasteiger charge is 2.31. The molecule has 0 saturated heterocycles. The van der Waals surface area contributed by atoms with Crippen LogP contribution in [0.2, 0.25) is 4.34 Å². The number of rotatable bonds is 2. The summed E-state index contributed by atoms with van der Waals surface area (Å²) >= 11 is 7.31. The number of hydrogen-bond acceptors (Lipinski definition) is 3. The lowest BCUT2D eigenvalue weighted by molar-refractivity contribution is 0.0914. The molecule has 2 atom stereocenters. The molecular formula is C10H12ClNOS. The smallest absolute Gasteiger partial charge is 0.169 e. The molecule has 1 saturated carbocycles. The maximum absolute atomic E-state index is 12.0. The van der Waals surface area contributed by atoms with Crippen molar-refractivity contribution in [3.05, 3.63) is 21.3 Å². The first-order valence-corrected chi connectivity index (χ1v) is 5.98. The summed E-state index contributed by atoms with van der Waals surface area (Å²) in [6, 6.07) is 1.82. The second kappa shape index (κ2) is 4.01. The highest BCUT2D eigenvalue weighted by molar-refractivity contribution is 7.14. The van der Waals surface area contributed by atoms with Crippen molar-refractivity contribution in [1.82, 2.24) is 0 Å². The summed E-state index contributed by atoms with van der Waals surface area (Å²) in [5, 5.41) is 1.84. The van der Waals surface area contributed by atoms with Crippen molar-refractivity contribution in [3.63, 3.8) is 0 Å². The second-order valence-electron chi connectivity index (χ2n) is 3.67. The van der Waals surface area contributed by atoms with E-state index in [0.717, 1.165) is 19.3 Å². The van der Waals surface area contributed by atoms with E-state index in [1.807, 2.05) is 5.38 Å². The number of nitrogens with two attached hydrogens (primary N) is 1. The minimum Gasteiger partial charge on any atom is -0.327 e. The molecule has 0 radical (unpaired) electrons. The summed E-state index contributed by atoms with van der Waals surface area (Å²) in [6.45, 7) is 0. The van der Waals surface area contributed by atoms with Crippen LogP contribution in [0.4, 0.5) is 0 Å². The Bertz CT molecular complexity index is 350. The number of carbonyl (C=O) groups is 1. The molecular weight excluding hydrogens is 218 g/mol. The molecule has 1 aliphatic carbocycles. The van der Waals surface area contributed by atoms with Crippen molar-refractivity contribution in [3.8, 4) is 0 Å². The molecule has 14 heavy (non-hydrogen) atoms. The van der Waals surface area contributed by atoms with Crippen LogP contribution in [-0.2, 0) is 0 Å². The van der Waals surface area contributed by atoms with Crippen LogP contribution in [0.3, 0.4) is 0 Å².